The summed E-state index contributed by atoms with van der Waals surface area (Å²) in [6, 6.07) is 18.8. The highest BCUT2D eigenvalue weighted by Crippen LogP contribution is 2.38. The summed E-state index contributed by atoms with van der Waals surface area (Å²) in [6.45, 7) is 0.863. The summed E-state index contributed by atoms with van der Waals surface area (Å²) in [6.07, 6.45) is 3.75. The molecule has 0 bridgehead atoms. The molecule has 0 aliphatic carbocycles. The van der Waals surface area contributed by atoms with Gasteiger partial charge in [0.15, 0.2) is 5.69 Å². The van der Waals surface area contributed by atoms with E-state index in [1.165, 1.54) is 20.6 Å². The van der Waals surface area contributed by atoms with Gasteiger partial charge >= 0.3 is 5.82 Å². The molecule has 5 heterocycles. The lowest BCUT2D eigenvalue weighted by atomic mass is 10.2. The predicted molar refractivity (Wildman–Crippen MR) is 99.0 cm³/mol. The van der Waals surface area contributed by atoms with Crippen LogP contribution in [0, 0.1) is 0 Å². The third kappa shape index (κ3) is 1.68. The smallest absolute Gasteiger partial charge is 0.251 e. The highest BCUT2D eigenvalue weighted by molar-refractivity contribution is 7.25. The molecular weight excluding hydrogens is 328 g/mol. The van der Waals surface area contributed by atoms with E-state index < -0.39 is 0 Å². The molecule has 0 saturated carbocycles. The number of benzene rings is 1. The van der Waals surface area contributed by atoms with E-state index in [0.29, 0.717) is 0 Å². The van der Waals surface area contributed by atoms with Gasteiger partial charge in [-0.05, 0) is 30.3 Å². The molecule has 1 aliphatic rings. The number of fused-ring (bicyclic) bond motifs is 7. The zero-order chi connectivity index (χ0) is 16.4. The molecule has 1 aromatic carbocycles. The fourth-order valence-electron chi connectivity index (χ4n) is 3.76. The molecular formula is C20H13N4S+. The first-order chi connectivity index (χ1) is 12.4. The van der Waals surface area contributed by atoms with Crippen molar-refractivity contribution in [1.82, 2.24) is 14.5 Å². The Balaban J connectivity index is 1.84. The van der Waals surface area contributed by atoms with E-state index in [4.69, 9.17) is 0 Å². The molecule has 1 aliphatic heterocycles. The number of nitrogens with zero attached hydrogens (tertiary/aromatic N) is 4. The van der Waals surface area contributed by atoms with Gasteiger partial charge in [-0.3, -0.25) is 4.98 Å². The molecule has 0 atom stereocenters. The Morgan fingerprint density at radius 1 is 0.920 bits per heavy atom. The fourth-order valence-corrected chi connectivity index (χ4v) is 4.91. The van der Waals surface area contributed by atoms with Gasteiger partial charge in [-0.15, -0.1) is 0 Å². The topological polar surface area (TPSA) is 34.6 Å². The lowest BCUT2D eigenvalue weighted by Crippen LogP contribution is -2.30. The van der Waals surface area contributed by atoms with Crippen LogP contribution in [0.2, 0.25) is 0 Å². The van der Waals surface area contributed by atoms with Crippen LogP contribution in [0.3, 0.4) is 0 Å². The van der Waals surface area contributed by atoms with Gasteiger partial charge in [-0.1, -0.05) is 35.6 Å². The van der Waals surface area contributed by atoms with Crippen LogP contribution in [0.15, 0.2) is 67.0 Å². The van der Waals surface area contributed by atoms with Gasteiger partial charge in [0.05, 0.1) is 4.70 Å². The summed E-state index contributed by atoms with van der Waals surface area (Å²) in [7, 11) is 0. The van der Waals surface area contributed by atoms with E-state index in [1.807, 2.05) is 30.6 Å². The van der Waals surface area contributed by atoms with Crippen LogP contribution in [0.5, 0.6) is 0 Å². The highest BCUT2D eigenvalue weighted by Gasteiger charge is 2.38. The zero-order valence-electron chi connectivity index (χ0n) is 13.3. The summed E-state index contributed by atoms with van der Waals surface area (Å²) < 4.78 is 5.92. The molecule has 118 valence electrons. The van der Waals surface area contributed by atoms with Gasteiger partial charge in [0.1, 0.15) is 17.7 Å². The Hall–Kier alpha value is -3.05. The van der Waals surface area contributed by atoms with E-state index in [1.54, 1.807) is 11.3 Å². The van der Waals surface area contributed by atoms with Crippen molar-refractivity contribution in [3.05, 3.63) is 72.6 Å². The van der Waals surface area contributed by atoms with Gasteiger partial charge < -0.3 is 0 Å². The monoisotopic (exact) mass is 341 g/mol. The zero-order valence-corrected chi connectivity index (χ0v) is 14.1. The summed E-state index contributed by atoms with van der Waals surface area (Å²) in [5.41, 5.74) is 5.72. The molecule has 0 fully saturated rings. The van der Waals surface area contributed by atoms with E-state index >= 15 is 0 Å². The van der Waals surface area contributed by atoms with Crippen LogP contribution in [0.1, 0.15) is 5.56 Å². The van der Waals surface area contributed by atoms with Gasteiger partial charge in [0.25, 0.3) is 0 Å². The minimum Gasteiger partial charge on any atom is -0.251 e. The minimum absolute atomic E-state index is 0.863. The second kappa shape index (κ2) is 4.74. The molecule has 4 nitrogen and oxygen atoms in total. The van der Waals surface area contributed by atoms with Crippen molar-refractivity contribution in [1.29, 1.82) is 0 Å². The average molecular weight is 341 g/mol. The van der Waals surface area contributed by atoms with Crippen molar-refractivity contribution in [3.8, 4) is 17.2 Å². The van der Waals surface area contributed by atoms with Crippen molar-refractivity contribution in [2.75, 3.05) is 0 Å². The number of pyridine rings is 2. The third-order valence-corrected chi connectivity index (χ3v) is 5.94. The van der Waals surface area contributed by atoms with Crippen molar-refractivity contribution in [2.24, 2.45) is 0 Å². The van der Waals surface area contributed by atoms with Crippen molar-refractivity contribution in [2.45, 2.75) is 6.54 Å². The molecule has 0 amide bonds. The van der Waals surface area contributed by atoms with Gasteiger partial charge in [-0.25, -0.2) is 9.55 Å². The number of hydrogen-bond acceptors (Lipinski definition) is 3. The number of para-hydroxylation sites is 1. The van der Waals surface area contributed by atoms with E-state index in [2.05, 4.69) is 55.5 Å². The van der Waals surface area contributed by atoms with E-state index in [-0.39, 0.29) is 0 Å². The Kier molecular flexibility index (Phi) is 2.51. The molecule has 5 heteroatoms. The standard InChI is InChI=1S/C20H13N4S/c1-2-7-14(8-3-1)24-18-17-15(9-5-11-22-17)25-20(18)23-12-13-6-4-10-21-16(13)19(23)24/h1-11H,12H2/q+1. The van der Waals surface area contributed by atoms with Crippen LogP contribution in [0.4, 0.5) is 0 Å². The molecule has 4 aromatic heterocycles. The van der Waals surface area contributed by atoms with Gasteiger partial charge in [0.2, 0.25) is 10.3 Å². The fraction of sp³-hybridized carbons (Fsp3) is 0.0500. The average Bonchev–Trinajstić information content (AvgIpc) is 3.30. The number of thiophene rings is 1. The van der Waals surface area contributed by atoms with Gasteiger partial charge in [0, 0.05) is 18.0 Å². The molecule has 0 spiro atoms. The van der Waals surface area contributed by atoms with Crippen molar-refractivity contribution in [3.63, 3.8) is 0 Å². The van der Waals surface area contributed by atoms with Crippen molar-refractivity contribution < 1.29 is 4.57 Å². The predicted octanol–water partition coefficient (Wildman–Crippen LogP) is 3.95. The molecule has 25 heavy (non-hydrogen) atoms. The minimum atomic E-state index is 0.863. The van der Waals surface area contributed by atoms with Crippen LogP contribution in [0.25, 0.3) is 37.8 Å². The van der Waals surface area contributed by atoms with Crippen molar-refractivity contribution >= 4 is 31.9 Å². The second-order valence-electron chi connectivity index (χ2n) is 6.20. The first kappa shape index (κ1) is 13.3. The third-order valence-electron chi connectivity index (χ3n) is 4.79. The van der Waals surface area contributed by atoms with Crippen LogP contribution in [-0.2, 0) is 6.54 Å². The number of hydrogen-bond donors (Lipinski definition) is 0. The first-order valence-electron chi connectivity index (χ1n) is 8.23. The Bertz CT molecular complexity index is 1270. The molecule has 0 radical (unpaired) electrons. The lowest BCUT2D eigenvalue weighted by Gasteiger charge is -2.01. The van der Waals surface area contributed by atoms with Crippen LogP contribution >= 0.6 is 11.3 Å². The summed E-state index contributed by atoms with van der Waals surface area (Å²) in [5.74, 6) is 1.15. The Morgan fingerprint density at radius 2 is 1.76 bits per heavy atom. The van der Waals surface area contributed by atoms with Gasteiger partial charge in [-0.2, -0.15) is 4.57 Å². The molecule has 0 unspecified atom stereocenters. The van der Waals surface area contributed by atoms with E-state index in [0.717, 1.165) is 29.3 Å². The number of imidazole rings is 1. The quantitative estimate of drug-likeness (QED) is 0.424. The molecule has 0 N–H and O–H groups in total. The first-order valence-corrected chi connectivity index (χ1v) is 9.05. The summed E-state index contributed by atoms with van der Waals surface area (Å²) in [5, 5.41) is 0. The lowest BCUT2D eigenvalue weighted by molar-refractivity contribution is -0.643. The molecule has 5 aromatic rings. The normalized spacial score (nSPS) is 12.6. The number of rotatable bonds is 1. The number of aromatic nitrogens is 4. The van der Waals surface area contributed by atoms with E-state index in [9.17, 15) is 0 Å². The molecule has 0 saturated heterocycles. The summed E-state index contributed by atoms with van der Waals surface area (Å²) >= 11 is 1.80. The van der Waals surface area contributed by atoms with Crippen LogP contribution < -0.4 is 4.57 Å². The SMILES string of the molecule is c1ccc(-n2c3[n+](c4sc5cccnc5c42)Cc2cccnc2-3)cc1. The second-order valence-corrected chi connectivity index (χ2v) is 7.23. The van der Waals surface area contributed by atoms with Crippen LogP contribution in [-0.4, -0.2) is 14.5 Å². The largest absolute Gasteiger partial charge is 0.315 e. The highest BCUT2D eigenvalue weighted by atomic mass is 32.1. The Labute approximate surface area is 147 Å². The summed E-state index contributed by atoms with van der Waals surface area (Å²) in [4.78, 5) is 10.6. The maximum Gasteiger partial charge on any atom is 0.315 e. The molecule has 6 rings (SSSR count). The maximum atomic E-state index is 4.68. The Morgan fingerprint density at radius 3 is 2.68 bits per heavy atom. The maximum absolute atomic E-state index is 4.68.